The van der Waals surface area contributed by atoms with Crippen LogP contribution in [0.4, 0.5) is 10.2 Å². The number of nitrogens with one attached hydrogen (secondary N) is 2. The van der Waals surface area contributed by atoms with E-state index in [1.807, 2.05) is 25.3 Å². The molecule has 8 heteroatoms. The number of anilines is 1. The van der Waals surface area contributed by atoms with Crippen LogP contribution in [0.5, 0.6) is 0 Å². The van der Waals surface area contributed by atoms with E-state index in [1.54, 1.807) is 10.7 Å². The lowest BCUT2D eigenvalue weighted by atomic mass is 10.1. The number of halogens is 2. The zero-order chi connectivity index (χ0) is 17.4. The van der Waals surface area contributed by atoms with Crippen molar-refractivity contribution in [1.82, 2.24) is 24.9 Å². The fourth-order valence-electron chi connectivity index (χ4n) is 3.06. The first-order valence-electron chi connectivity index (χ1n) is 8.26. The SMILES string of the molecule is Cc1ccn2ncc(-c3nc(Cl)c(F)c(N[C@@H]4CCCNC4)n3)c2c1. The molecule has 0 spiro atoms. The topological polar surface area (TPSA) is 67.1 Å². The summed E-state index contributed by atoms with van der Waals surface area (Å²) < 4.78 is 16.1. The number of pyridine rings is 1. The number of hydrogen-bond acceptors (Lipinski definition) is 5. The molecule has 6 nitrogen and oxygen atoms in total. The summed E-state index contributed by atoms with van der Waals surface area (Å²) in [6.07, 6.45) is 5.54. The summed E-state index contributed by atoms with van der Waals surface area (Å²) in [5.74, 6) is -0.127. The van der Waals surface area contributed by atoms with Crippen molar-refractivity contribution < 1.29 is 4.39 Å². The molecule has 0 aromatic carbocycles. The first kappa shape index (κ1) is 16.2. The fraction of sp³-hybridized carbons (Fsp3) is 0.353. The van der Waals surface area contributed by atoms with Crippen molar-refractivity contribution in [2.75, 3.05) is 18.4 Å². The van der Waals surface area contributed by atoms with Crippen LogP contribution in [0.15, 0.2) is 24.5 Å². The Hall–Kier alpha value is -2.25. The molecular formula is C17H18ClFN6. The molecule has 25 heavy (non-hydrogen) atoms. The maximum Gasteiger partial charge on any atom is 0.202 e. The largest absolute Gasteiger partial charge is 0.363 e. The summed E-state index contributed by atoms with van der Waals surface area (Å²) in [4.78, 5) is 8.51. The van der Waals surface area contributed by atoms with Crippen LogP contribution in [0.1, 0.15) is 18.4 Å². The summed E-state index contributed by atoms with van der Waals surface area (Å²) in [6, 6.07) is 4.07. The number of rotatable bonds is 3. The predicted molar refractivity (Wildman–Crippen MR) is 95.4 cm³/mol. The van der Waals surface area contributed by atoms with Crippen LogP contribution in [0, 0.1) is 12.7 Å². The second-order valence-corrected chi connectivity index (χ2v) is 6.64. The minimum Gasteiger partial charge on any atom is -0.363 e. The third-order valence-corrected chi connectivity index (χ3v) is 4.62. The molecule has 3 aromatic rings. The first-order valence-corrected chi connectivity index (χ1v) is 8.64. The highest BCUT2D eigenvalue weighted by molar-refractivity contribution is 6.29. The molecule has 0 unspecified atom stereocenters. The Balaban J connectivity index is 1.75. The molecule has 0 saturated carbocycles. The van der Waals surface area contributed by atoms with Gasteiger partial charge >= 0.3 is 0 Å². The lowest BCUT2D eigenvalue weighted by Crippen LogP contribution is -2.38. The minimum absolute atomic E-state index is 0.119. The third kappa shape index (κ3) is 3.17. The van der Waals surface area contributed by atoms with Gasteiger partial charge in [0.25, 0.3) is 0 Å². The maximum absolute atomic E-state index is 14.4. The third-order valence-electron chi connectivity index (χ3n) is 4.37. The summed E-state index contributed by atoms with van der Waals surface area (Å²) in [6.45, 7) is 3.75. The van der Waals surface area contributed by atoms with Crippen molar-refractivity contribution in [3.8, 4) is 11.4 Å². The number of aryl methyl sites for hydroxylation is 1. The van der Waals surface area contributed by atoms with Crippen molar-refractivity contribution in [2.24, 2.45) is 0 Å². The van der Waals surface area contributed by atoms with Gasteiger partial charge in [-0.05, 0) is 44.0 Å². The van der Waals surface area contributed by atoms with E-state index >= 15 is 0 Å². The highest BCUT2D eigenvalue weighted by atomic mass is 35.5. The lowest BCUT2D eigenvalue weighted by molar-refractivity contribution is 0.476. The zero-order valence-electron chi connectivity index (χ0n) is 13.8. The molecule has 0 amide bonds. The Kier molecular flexibility index (Phi) is 4.27. The lowest BCUT2D eigenvalue weighted by Gasteiger charge is -2.24. The van der Waals surface area contributed by atoms with Gasteiger partial charge in [-0.25, -0.2) is 14.5 Å². The average molecular weight is 361 g/mol. The number of piperidine rings is 1. The summed E-state index contributed by atoms with van der Waals surface area (Å²) in [7, 11) is 0. The highest BCUT2D eigenvalue weighted by Gasteiger charge is 2.20. The first-order chi connectivity index (χ1) is 12.1. The van der Waals surface area contributed by atoms with Gasteiger partial charge in [0.2, 0.25) is 5.82 Å². The van der Waals surface area contributed by atoms with Gasteiger partial charge in [0.1, 0.15) is 0 Å². The van der Waals surface area contributed by atoms with Crippen LogP contribution in [0.25, 0.3) is 16.9 Å². The maximum atomic E-state index is 14.4. The molecule has 1 aliphatic heterocycles. The quantitative estimate of drug-likeness (QED) is 0.703. The molecule has 1 atom stereocenters. The Morgan fingerprint density at radius 1 is 1.40 bits per heavy atom. The molecule has 4 heterocycles. The highest BCUT2D eigenvalue weighted by Crippen LogP contribution is 2.28. The molecule has 4 rings (SSSR count). The van der Waals surface area contributed by atoms with E-state index in [0.29, 0.717) is 5.82 Å². The molecule has 0 bridgehead atoms. The zero-order valence-corrected chi connectivity index (χ0v) is 14.5. The molecule has 1 saturated heterocycles. The standard InChI is InChI=1S/C17H18ClFN6/c1-10-4-6-25-13(7-10)12(9-21-25)16-23-15(18)14(19)17(24-16)22-11-3-2-5-20-8-11/h4,6-7,9,11,20H,2-3,5,8H2,1H3,(H,22,23,24)/t11-/m1/s1. The van der Waals surface area contributed by atoms with Crippen molar-refractivity contribution in [1.29, 1.82) is 0 Å². The van der Waals surface area contributed by atoms with Gasteiger partial charge in [0, 0.05) is 18.8 Å². The molecule has 2 N–H and O–H groups in total. The van der Waals surface area contributed by atoms with Gasteiger partial charge in [0.05, 0.1) is 17.3 Å². The van der Waals surface area contributed by atoms with Crippen LogP contribution in [-0.2, 0) is 0 Å². The van der Waals surface area contributed by atoms with Gasteiger partial charge < -0.3 is 10.6 Å². The molecule has 130 valence electrons. The molecule has 0 aliphatic carbocycles. The van der Waals surface area contributed by atoms with E-state index in [2.05, 4.69) is 25.7 Å². The molecule has 0 radical (unpaired) electrons. The Morgan fingerprint density at radius 3 is 3.08 bits per heavy atom. The van der Waals surface area contributed by atoms with Crippen LogP contribution >= 0.6 is 11.6 Å². The summed E-state index contributed by atoms with van der Waals surface area (Å²) in [5.41, 5.74) is 2.66. The van der Waals surface area contributed by atoms with Crippen molar-refractivity contribution in [3.63, 3.8) is 0 Å². The monoisotopic (exact) mass is 360 g/mol. The summed E-state index contributed by atoms with van der Waals surface area (Å²) >= 11 is 6.03. The van der Waals surface area contributed by atoms with E-state index in [0.717, 1.165) is 42.6 Å². The van der Waals surface area contributed by atoms with Gasteiger partial charge in [-0.2, -0.15) is 9.49 Å². The Labute approximate surface area is 149 Å². The second-order valence-electron chi connectivity index (χ2n) is 6.28. The molecule has 1 fully saturated rings. The minimum atomic E-state index is -0.622. The van der Waals surface area contributed by atoms with E-state index < -0.39 is 5.82 Å². The second kappa shape index (κ2) is 6.57. The van der Waals surface area contributed by atoms with Crippen molar-refractivity contribution in [2.45, 2.75) is 25.8 Å². The Morgan fingerprint density at radius 2 is 2.28 bits per heavy atom. The van der Waals surface area contributed by atoms with E-state index in [4.69, 9.17) is 11.6 Å². The van der Waals surface area contributed by atoms with E-state index in [-0.39, 0.29) is 17.0 Å². The number of fused-ring (bicyclic) bond motifs is 1. The van der Waals surface area contributed by atoms with Crippen LogP contribution in [-0.4, -0.2) is 38.7 Å². The van der Waals surface area contributed by atoms with Crippen molar-refractivity contribution >= 4 is 22.9 Å². The van der Waals surface area contributed by atoms with Gasteiger partial charge in [-0.15, -0.1) is 0 Å². The van der Waals surface area contributed by atoms with Crippen LogP contribution in [0.2, 0.25) is 5.15 Å². The van der Waals surface area contributed by atoms with Crippen molar-refractivity contribution in [3.05, 3.63) is 41.1 Å². The van der Waals surface area contributed by atoms with Gasteiger partial charge in [-0.1, -0.05) is 11.6 Å². The van der Waals surface area contributed by atoms with Gasteiger partial charge in [0.15, 0.2) is 16.8 Å². The van der Waals surface area contributed by atoms with Crippen LogP contribution in [0.3, 0.4) is 0 Å². The van der Waals surface area contributed by atoms with Gasteiger partial charge in [-0.3, -0.25) is 0 Å². The smallest absolute Gasteiger partial charge is 0.202 e. The number of hydrogen-bond donors (Lipinski definition) is 2. The van der Waals surface area contributed by atoms with E-state index in [9.17, 15) is 4.39 Å². The molecule has 3 aromatic heterocycles. The average Bonchev–Trinajstić information content (AvgIpc) is 3.02. The Bertz CT molecular complexity index is 919. The number of nitrogens with zero attached hydrogens (tertiary/aromatic N) is 4. The number of aromatic nitrogens is 4. The molecular weight excluding hydrogens is 343 g/mol. The van der Waals surface area contributed by atoms with Crippen LogP contribution < -0.4 is 10.6 Å². The summed E-state index contributed by atoms with van der Waals surface area (Å²) in [5, 5.41) is 10.6. The normalized spacial score (nSPS) is 17.8. The molecule has 1 aliphatic rings. The van der Waals surface area contributed by atoms with E-state index in [1.165, 1.54) is 0 Å². The predicted octanol–water partition coefficient (Wildman–Crippen LogP) is 3.06. The fourth-order valence-corrected chi connectivity index (χ4v) is 3.23.